The summed E-state index contributed by atoms with van der Waals surface area (Å²) in [5, 5.41) is 2.00. The van der Waals surface area contributed by atoms with Crippen molar-refractivity contribution < 1.29 is 4.79 Å². The first-order valence-corrected chi connectivity index (χ1v) is 6.06. The van der Waals surface area contributed by atoms with Crippen LogP contribution in [-0.4, -0.2) is 30.4 Å². The van der Waals surface area contributed by atoms with Gasteiger partial charge in [0.15, 0.2) is 0 Å². The van der Waals surface area contributed by atoms with Gasteiger partial charge in [-0.25, -0.2) is 0 Å². The van der Waals surface area contributed by atoms with E-state index >= 15 is 0 Å². The van der Waals surface area contributed by atoms with Gasteiger partial charge >= 0.3 is 0 Å². The minimum Gasteiger partial charge on any atom is -0.344 e. The Bertz CT molecular complexity index is 298. The highest BCUT2D eigenvalue weighted by atomic mass is 32.1. The normalized spacial score (nSPS) is 12.5. The molecule has 1 heterocycles. The van der Waals surface area contributed by atoms with Crippen molar-refractivity contribution in [3.63, 3.8) is 0 Å². The first kappa shape index (κ1) is 12.2. The Labute approximate surface area is 94.9 Å². The van der Waals surface area contributed by atoms with Crippen LogP contribution >= 0.6 is 11.3 Å². The summed E-state index contributed by atoms with van der Waals surface area (Å²) in [5.41, 5.74) is 5.86. The lowest BCUT2D eigenvalue weighted by molar-refractivity contribution is -0.131. The Balaban J connectivity index is 2.46. The Morgan fingerprint density at radius 3 is 2.93 bits per heavy atom. The highest BCUT2D eigenvalue weighted by Gasteiger charge is 2.17. The molecule has 1 aromatic rings. The third kappa shape index (κ3) is 3.64. The number of nitrogens with zero attached hydrogens (tertiary/aromatic N) is 1. The van der Waals surface area contributed by atoms with Crippen LogP contribution in [0.5, 0.6) is 0 Å². The highest BCUT2D eigenvalue weighted by molar-refractivity contribution is 7.09. The first-order chi connectivity index (χ1) is 7.15. The third-order valence-electron chi connectivity index (χ3n) is 2.25. The van der Waals surface area contributed by atoms with Gasteiger partial charge in [-0.2, -0.15) is 0 Å². The van der Waals surface area contributed by atoms with E-state index in [1.165, 1.54) is 4.88 Å². The van der Waals surface area contributed by atoms with Gasteiger partial charge in [-0.3, -0.25) is 4.79 Å². The maximum absolute atomic E-state index is 11.8. The van der Waals surface area contributed by atoms with E-state index < -0.39 is 6.04 Å². The van der Waals surface area contributed by atoms with Crippen molar-refractivity contribution in [2.24, 2.45) is 5.73 Å². The molecule has 1 aromatic heterocycles. The lowest BCUT2D eigenvalue weighted by Gasteiger charge is -2.20. The summed E-state index contributed by atoms with van der Waals surface area (Å²) in [4.78, 5) is 14.6. The molecule has 0 aromatic carbocycles. The van der Waals surface area contributed by atoms with Gasteiger partial charge in [-0.15, -0.1) is 11.3 Å². The van der Waals surface area contributed by atoms with Crippen LogP contribution < -0.4 is 5.73 Å². The molecule has 15 heavy (non-hydrogen) atoms. The summed E-state index contributed by atoms with van der Waals surface area (Å²) < 4.78 is 0. The van der Waals surface area contributed by atoms with Gasteiger partial charge in [0, 0.05) is 24.9 Å². The zero-order valence-electron chi connectivity index (χ0n) is 9.27. The van der Waals surface area contributed by atoms with Crippen LogP contribution in [0.2, 0.25) is 0 Å². The molecule has 0 fully saturated rings. The molecule has 1 amide bonds. The third-order valence-corrected chi connectivity index (χ3v) is 3.15. The number of amides is 1. The molecular formula is C11H18N2OS. The molecule has 1 rings (SSSR count). The summed E-state index contributed by atoms with van der Waals surface area (Å²) in [6, 6.07) is 3.59. The fourth-order valence-electron chi connectivity index (χ4n) is 1.46. The quantitative estimate of drug-likeness (QED) is 0.826. The molecule has 0 saturated heterocycles. The largest absolute Gasteiger partial charge is 0.344 e. The summed E-state index contributed by atoms with van der Waals surface area (Å²) >= 11 is 1.64. The Hall–Kier alpha value is -0.870. The van der Waals surface area contributed by atoms with Crippen LogP contribution in [0.3, 0.4) is 0 Å². The smallest absolute Gasteiger partial charge is 0.239 e. The monoisotopic (exact) mass is 226 g/mol. The zero-order valence-corrected chi connectivity index (χ0v) is 10.1. The number of thiophene rings is 1. The van der Waals surface area contributed by atoms with E-state index in [1.54, 1.807) is 23.3 Å². The minimum absolute atomic E-state index is 0.0326. The Kier molecular flexibility index (Phi) is 4.78. The average molecular weight is 226 g/mol. The molecule has 84 valence electrons. The minimum atomic E-state index is -0.403. The Morgan fingerprint density at radius 1 is 1.67 bits per heavy atom. The molecule has 0 spiro atoms. The van der Waals surface area contributed by atoms with Crippen LogP contribution in [0.25, 0.3) is 0 Å². The molecule has 0 bridgehead atoms. The van der Waals surface area contributed by atoms with E-state index in [0.717, 1.165) is 13.0 Å². The molecule has 0 aliphatic heterocycles. The summed E-state index contributed by atoms with van der Waals surface area (Å²) in [5.74, 6) is 0.0326. The van der Waals surface area contributed by atoms with Crippen molar-refractivity contribution in [3.05, 3.63) is 22.4 Å². The molecule has 0 saturated carbocycles. The van der Waals surface area contributed by atoms with Crippen LogP contribution in [0.15, 0.2) is 17.5 Å². The molecule has 1 atom stereocenters. The average Bonchev–Trinajstić information content (AvgIpc) is 2.69. The molecule has 0 radical (unpaired) electrons. The van der Waals surface area contributed by atoms with Gasteiger partial charge in [0.2, 0.25) is 5.91 Å². The SMILES string of the molecule is CCCN(C)C(=O)[C@@H](N)Cc1cccs1. The second kappa shape index (κ2) is 5.88. The Morgan fingerprint density at radius 2 is 2.40 bits per heavy atom. The lowest BCUT2D eigenvalue weighted by atomic mass is 10.1. The summed E-state index contributed by atoms with van der Waals surface area (Å²) in [7, 11) is 1.81. The molecule has 2 N–H and O–H groups in total. The molecule has 0 aliphatic rings. The van der Waals surface area contributed by atoms with Gasteiger partial charge < -0.3 is 10.6 Å². The number of likely N-dealkylation sites (N-methyl/N-ethyl adjacent to an activating group) is 1. The molecular weight excluding hydrogens is 208 g/mol. The van der Waals surface area contributed by atoms with Crippen molar-refractivity contribution in [2.75, 3.05) is 13.6 Å². The second-order valence-corrected chi connectivity index (χ2v) is 4.68. The van der Waals surface area contributed by atoms with Crippen molar-refractivity contribution in [2.45, 2.75) is 25.8 Å². The van der Waals surface area contributed by atoms with Crippen LogP contribution in [-0.2, 0) is 11.2 Å². The standard InChI is InChI=1S/C11H18N2OS/c1-3-6-13(2)11(14)10(12)8-9-5-4-7-15-9/h4-5,7,10H,3,6,8,12H2,1-2H3/t10-/m0/s1. The van der Waals surface area contributed by atoms with Gasteiger partial charge in [0.1, 0.15) is 0 Å². The van der Waals surface area contributed by atoms with Gasteiger partial charge in [-0.1, -0.05) is 13.0 Å². The molecule has 0 aliphatic carbocycles. The predicted molar refractivity (Wildman–Crippen MR) is 63.9 cm³/mol. The number of nitrogens with two attached hydrogens (primary N) is 1. The van der Waals surface area contributed by atoms with Crippen molar-refractivity contribution in [1.82, 2.24) is 4.90 Å². The topological polar surface area (TPSA) is 46.3 Å². The van der Waals surface area contributed by atoms with Gasteiger partial charge in [0.25, 0.3) is 0 Å². The van der Waals surface area contributed by atoms with Gasteiger partial charge in [-0.05, 0) is 17.9 Å². The fraction of sp³-hybridized carbons (Fsp3) is 0.545. The zero-order chi connectivity index (χ0) is 11.3. The van der Waals surface area contributed by atoms with E-state index in [1.807, 2.05) is 17.5 Å². The van der Waals surface area contributed by atoms with E-state index in [4.69, 9.17) is 5.73 Å². The van der Waals surface area contributed by atoms with Gasteiger partial charge in [0.05, 0.1) is 6.04 Å². The fourth-order valence-corrected chi connectivity index (χ4v) is 2.23. The molecule has 0 unspecified atom stereocenters. The van der Waals surface area contributed by atoms with E-state index in [-0.39, 0.29) is 5.91 Å². The van der Waals surface area contributed by atoms with Crippen molar-refractivity contribution >= 4 is 17.2 Å². The number of carbonyl (C=O) groups excluding carboxylic acids is 1. The lowest BCUT2D eigenvalue weighted by Crippen LogP contribution is -2.43. The summed E-state index contributed by atoms with van der Waals surface area (Å²) in [6.07, 6.45) is 1.61. The second-order valence-electron chi connectivity index (χ2n) is 3.65. The number of hydrogen-bond acceptors (Lipinski definition) is 3. The van der Waals surface area contributed by atoms with Crippen LogP contribution in [0.4, 0.5) is 0 Å². The van der Waals surface area contributed by atoms with Crippen LogP contribution in [0.1, 0.15) is 18.2 Å². The molecule has 4 heteroatoms. The first-order valence-electron chi connectivity index (χ1n) is 5.18. The molecule has 3 nitrogen and oxygen atoms in total. The number of rotatable bonds is 5. The number of carbonyl (C=O) groups is 1. The predicted octanol–water partition coefficient (Wildman–Crippen LogP) is 1.49. The maximum Gasteiger partial charge on any atom is 0.239 e. The highest BCUT2D eigenvalue weighted by Crippen LogP contribution is 2.11. The van der Waals surface area contributed by atoms with E-state index in [2.05, 4.69) is 6.92 Å². The maximum atomic E-state index is 11.8. The van der Waals surface area contributed by atoms with Crippen molar-refractivity contribution in [1.29, 1.82) is 0 Å². The van der Waals surface area contributed by atoms with Crippen molar-refractivity contribution in [3.8, 4) is 0 Å². The number of hydrogen-bond donors (Lipinski definition) is 1. The van der Waals surface area contributed by atoms with E-state index in [9.17, 15) is 4.79 Å². The van der Waals surface area contributed by atoms with E-state index in [0.29, 0.717) is 6.42 Å². The summed E-state index contributed by atoms with van der Waals surface area (Å²) in [6.45, 7) is 2.82. The van der Waals surface area contributed by atoms with Crippen LogP contribution in [0, 0.1) is 0 Å².